The Bertz CT molecular complexity index is 790. The van der Waals surface area contributed by atoms with Crippen molar-refractivity contribution in [3.8, 4) is 0 Å². The average Bonchev–Trinajstić information content (AvgIpc) is 3.18. The van der Waals surface area contributed by atoms with Gasteiger partial charge in [-0.05, 0) is 86.9 Å². The molecule has 4 unspecified atom stereocenters. The maximum absolute atomic E-state index is 13.3. The Hall–Kier alpha value is -1.37. The van der Waals surface area contributed by atoms with Crippen LogP contribution in [0.4, 0.5) is 0 Å². The Morgan fingerprint density at radius 2 is 1.70 bits per heavy atom. The van der Waals surface area contributed by atoms with Crippen molar-refractivity contribution >= 4 is 5.78 Å². The summed E-state index contributed by atoms with van der Waals surface area (Å²) in [6, 6.07) is 10.1. The number of Topliss-reactive ketones (excluding diaryl/α,β-unsaturated/α-hetero) is 1. The zero-order valence-corrected chi connectivity index (χ0v) is 17.3. The van der Waals surface area contributed by atoms with Gasteiger partial charge in [-0.15, -0.1) is 0 Å². The van der Waals surface area contributed by atoms with Gasteiger partial charge < -0.3 is 0 Å². The van der Waals surface area contributed by atoms with E-state index in [0.29, 0.717) is 11.2 Å². The first-order chi connectivity index (χ1) is 12.9. The van der Waals surface area contributed by atoms with E-state index < -0.39 is 0 Å². The molecular weight excluding hydrogens is 328 g/mol. The second-order valence-corrected chi connectivity index (χ2v) is 10.5. The molecule has 27 heavy (non-hydrogen) atoms. The zero-order valence-electron chi connectivity index (χ0n) is 17.3. The summed E-state index contributed by atoms with van der Waals surface area (Å²) in [7, 11) is 0. The number of fused-ring (bicyclic) bond motifs is 5. The number of hydrogen-bond donors (Lipinski definition) is 0. The lowest BCUT2D eigenvalue weighted by Gasteiger charge is -2.56. The molecule has 1 aromatic rings. The van der Waals surface area contributed by atoms with E-state index in [-0.39, 0.29) is 11.3 Å². The minimum absolute atomic E-state index is 0.222. The standard InChI is InChI=1S/C26H34O/c1-17-13-15-25(2)20(17)10-9-19-21-11-12-23(26(21,3)16-14-22(19)25)24(27)18-7-5-4-6-8-18/h4-8,19,21-23H,9-16H2,1-3H3/t19?,21-,22?,23+,25?,26?/m0/s1. The molecule has 6 atom stereocenters. The SMILES string of the molecule is CC1=C2CCC3C(CCC4(C)[C@@H](C(=O)c5ccccc5)CC[C@@H]34)C2(C)CC1. The Morgan fingerprint density at radius 3 is 2.48 bits per heavy atom. The molecule has 0 bridgehead atoms. The highest BCUT2D eigenvalue weighted by molar-refractivity contribution is 5.98. The van der Waals surface area contributed by atoms with Gasteiger partial charge in [-0.25, -0.2) is 0 Å². The van der Waals surface area contributed by atoms with E-state index in [4.69, 9.17) is 0 Å². The lowest BCUT2D eigenvalue weighted by Crippen LogP contribution is -2.49. The molecule has 0 aromatic heterocycles. The number of hydrogen-bond acceptors (Lipinski definition) is 1. The predicted octanol–water partition coefficient (Wildman–Crippen LogP) is 6.84. The third kappa shape index (κ3) is 2.39. The van der Waals surface area contributed by atoms with Gasteiger partial charge in [0.25, 0.3) is 0 Å². The smallest absolute Gasteiger partial charge is 0.166 e. The van der Waals surface area contributed by atoms with Gasteiger partial charge in [0.05, 0.1) is 0 Å². The molecule has 4 aliphatic rings. The van der Waals surface area contributed by atoms with Crippen molar-refractivity contribution in [2.45, 2.75) is 72.1 Å². The van der Waals surface area contributed by atoms with E-state index in [1.54, 1.807) is 5.57 Å². The molecule has 144 valence electrons. The van der Waals surface area contributed by atoms with Crippen LogP contribution < -0.4 is 0 Å². The lowest BCUT2D eigenvalue weighted by molar-refractivity contribution is -0.0412. The average molecular weight is 363 g/mol. The topological polar surface area (TPSA) is 17.1 Å². The van der Waals surface area contributed by atoms with Crippen LogP contribution in [0.1, 0.15) is 82.5 Å². The molecule has 3 fully saturated rings. The molecule has 1 aromatic carbocycles. The third-order valence-electron chi connectivity index (χ3n) is 9.58. The van der Waals surface area contributed by atoms with Crippen LogP contribution in [0.25, 0.3) is 0 Å². The van der Waals surface area contributed by atoms with Crippen molar-refractivity contribution in [3.05, 3.63) is 47.0 Å². The second-order valence-electron chi connectivity index (χ2n) is 10.5. The van der Waals surface area contributed by atoms with Crippen molar-refractivity contribution in [2.24, 2.45) is 34.5 Å². The van der Waals surface area contributed by atoms with Gasteiger partial charge in [-0.2, -0.15) is 0 Å². The van der Waals surface area contributed by atoms with Crippen LogP contribution in [0, 0.1) is 34.5 Å². The molecule has 5 rings (SSSR count). The minimum atomic E-state index is 0.222. The van der Waals surface area contributed by atoms with Crippen LogP contribution in [-0.2, 0) is 0 Å². The zero-order chi connectivity index (χ0) is 18.8. The summed E-state index contributed by atoms with van der Waals surface area (Å²) >= 11 is 0. The van der Waals surface area contributed by atoms with Gasteiger partial charge in [-0.1, -0.05) is 55.3 Å². The van der Waals surface area contributed by atoms with E-state index in [1.165, 1.54) is 44.9 Å². The fraction of sp³-hybridized carbons (Fsp3) is 0.654. The van der Waals surface area contributed by atoms with Crippen molar-refractivity contribution in [3.63, 3.8) is 0 Å². The highest BCUT2D eigenvalue weighted by atomic mass is 16.1. The lowest BCUT2D eigenvalue weighted by atomic mass is 9.48. The van der Waals surface area contributed by atoms with Gasteiger partial charge in [0.15, 0.2) is 5.78 Å². The van der Waals surface area contributed by atoms with E-state index in [2.05, 4.69) is 20.8 Å². The summed E-state index contributed by atoms with van der Waals surface area (Å²) < 4.78 is 0. The summed E-state index contributed by atoms with van der Waals surface area (Å²) in [5.41, 5.74) is 5.14. The third-order valence-corrected chi connectivity index (χ3v) is 9.58. The van der Waals surface area contributed by atoms with Gasteiger partial charge in [0, 0.05) is 11.5 Å². The summed E-state index contributed by atoms with van der Waals surface area (Å²) in [6.07, 6.45) is 10.4. The molecule has 1 nitrogen and oxygen atoms in total. The molecule has 3 saturated carbocycles. The van der Waals surface area contributed by atoms with Gasteiger partial charge in [0.2, 0.25) is 0 Å². The molecule has 0 saturated heterocycles. The largest absolute Gasteiger partial charge is 0.294 e. The summed E-state index contributed by atoms with van der Waals surface area (Å²) in [5, 5.41) is 0. The fourth-order valence-corrected chi connectivity index (χ4v) is 8.17. The number of ketones is 1. The molecule has 0 radical (unpaired) electrons. The maximum Gasteiger partial charge on any atom is 0.166 e. The Balaban J connectivity index is 1.44. The first-order valence-electron chi connectivity index (χ1n) is 11.2. The number of benzene rings is 1. The van der Waals surface area contributed by atoms with Gasteiger partial charge in [0.1, 0.15) is 0 Å². The molecule has 1 heteroatoms. The van der Waals surface area contributed by atoms with Crippen LogP contribution in [0.15, 0.2) is 41.5 Å². The maximum atomic E-state index is 13.3. The van der Waals surface area contributed by atoms with Crippen molar-refractivity contribution < 1.29 is 4.79 Å². The fourth-order valence-electron chi connectivity index (χ4n) is 8.17. The number of carbonyl (C=O) groups is 1. The number of allylic oxidation sites excluding steroid dienone is 2. The van der Waals surface area contributed by atoms with E-state index in [9.17, 15) is 4.79 Å². The van der Waals surface area contributed by atoms with Crippen LogP contribution in [0.2, 0.25) is 0 Å². The Labute approximate surface area is 164 Å². The highest BCUT2D eigenvalue weighted by Gasteiger charge is 2.60. The monoisotopic (exact) mass is 362 g/mol. The molecule has 0 amide bonds. The van der Waals surface area contributed by atoms with Crippen molar-refractivity contribution in [2.75, 3.05) is 0 Å². The van der Waals surface area contributed by atoms with Crippen molar-refractivity contribution in [1.82, 2.24) is 0 Å². The molecule has 0 N–H and O–H groups in total. The van der Waals surface area contributed by atoms with E-state index in [1.807, 2.05) is 35.9 Å². The quantitative estimate of drug-likeness (QED) is 0.416. The van der Waals surface area contributed by atoms with E-state index >= 15 is 0 Å². The summed E-state index contributed by atoms with van der Waals surface area (Å²) in [6.45, 7) is 7.44. The number of rotatable bonds is 2. The predicted molar refractivity (Wildman–Crippen MR) is 111 cm³/mol. The molecule has 4 aliphatic carbocycles. The first-order valence-corrected chi connectivity index (χ1v) is 11.2. The van der Waals surface area contributed by atoms with Crippen LogP contribution in [-0.4, -0.2) is 5.78 Å². The Morgan fingerprint density at radius 1 is 0.926 bits per heavy atom. The van der Waals surface area contributed by atoms with Crippen LogP contribution >= 0.6 is 0 Å². The summed E-state index contributed by atoms with van der Waals surface area (Å²) in [5.74, 6) is 3.12. The molecule has 0 spiro atoms. The minimum Gasteiger partial charge on any atom is -0.294 e. The highest BCUT2D eigenvalue weighted by Crippen LogP contribution is 2.68. The first kappa shape index (κ1) is 17.7. The van der Waals surface area contributed by atoms with Crippen molar-refractivity contribution in [1.29, 1.82) is 0 Å². The second kappa shape index (κ2) is 6.06. The molecular formula is C26H34O. The van der Waals surface area contributed by atoms with Crippen LogP contribution in [0.5, 0.6) is 0 Å². The Kier molecular flexibility index (Phi) is 3.98. The van der Waals surface area contributed by atoms with Crippen LogP contribution in [0.3, 0.4) is 0 Å². The molecule has 0 aliphatic heterocycles. The van der Waals surface area contributed by atoms with Gasteiger partial charge in [-0.3, -0.25) is 4.79 Å². The summed E-state index contributed by atoms with van der Waals surface area (Å²) in [4.78, 5) is 13.3. The normalized spacial score (nSPS) is 43.2. The molecule has 0 heterocycles. The van der Waals surface area contributed by atoms with Gasteiger partial charge >= 0.3 is 0 Å². The number of carbonyl (C=O) groups excluding carboxylic acids is 1. The van der Waals surface area contributed by atoms with E-state index in [0.717, 1.165) is 29.7 Å².